The summed E-state index contributed by atoms with van der Waals surface area (Å²) >= 11 is 1.82. The SMILES string of the molecule is CCCNC(=O)c1c(C)sc2c1CCCC2. The lowest BCUT2D eigenvalue weighted by molar-refractivity contribution is 0.0952. The van der Waals surface area contributed by atoms with Crippen LogP contribution in [-0.2, 0) is 12.8 Å². The van der Waals surface area contributed by atoms with Crippen LogP contribution in [0.15, 0.2) is 0 Å². The van der Waals surface area contributed by atoms with Crippen molar-refractivity contribution in [2.45, 2.75) is 46.0 Å². The van der Waals surface area contributed by atoms with E-state index in [4.69, 9.17) is 0 Å². The largest absolute Gasteiger partial charge is 0.352 e. The zero-order valence-corrected chi connectivity index (χ0v) is 10.9. The Morgan fingerprint density at radius 3 is 2.88 bits per heavy atom. The van der Waals surface area contributed by atoms with E-state index in [1.165, 1.54) is 34.6 Å². The predicted octanol–water partition coefficient (Wildman–Crippen LogP) is 3.08. The third-order valence-electron chi connectivity index (χ3n) is 3.11. The molecule has 0 atom stereocenters. The molecular weight excluding hydrogens is 218 g/mol. The Bertz CT molecular complexity index is 395. The summed E-state index contributed by atoms with van der Waals surface area (Å²) in [4.78, 5) is 14.7. The lowest BCUT2D eigenvalue weighted by Crippen LogP contribution is -2.25. The molecule has 16 heavy (non-hydrogen) atoms. The van der Waals surface area contributed by atoms with Gasteiger partial charge in [0.25, 0.3) is 5.91 Å². The van der Waals surface area contributed by atoms with Crippen molar-refractivity contribution in [2.24, 2.45) is 0 Å². The molecular formula is C13H19NOS. The fourth-order valence-electron chi connectivity index (χ4n) is 2.33. The van der Waals surface area contributed by atoms with E-state index in [-0.39, 0.29) is 5.91 Å². The molecule has 0 spiro atoms. The summed E-state index contributed by atoms with van der Waals surface area (Å²) < 4.78 is 0. The molecule has 0 aliphatic heterocycles. The molecule has 2 nitrogen and oxygen atoms in total. The summed E-state index contributed by atoms with van der Waals surface area (Å²) in [5, 5.41) is 2.99. The molecule has 0 saturated heterocycles. The van der Waals surface area contributed by atoms with E-state index in [9.17, 15) is 4.79 Å². The van der Waals surface area contributed by atoms with Gasteiger partial charge in [-0.25, -0.2) is 0 Å². The Morgan fingerprint density at radius 1 is 1.38 bits per heavy atom. The maximum Gasteiger partial charge on any atom is 0.252 e. The van der Waals surface area contributed by atoms with Crippen molar-refractivity contribution in [3.63, 3.8) is 0 Å². The lowest BCUT2D eigenvalue weighted by atomic mass is 9.94. The van der Waals surface area contributed by atoms with Gasteiger partial charge in [-0.2, -0.15) is 0 Å². The van der Waals surface area contributed by atoms with Gasteiger partial charge < -0.3 is 5.32 Å². The maximum atomic E-state index is 12.1. The van der Waals surface area contributed by atoms with Crippen LogP contribution in [0.3, 0.4) is 0 Å². The Kier molecular flexibility index (Phi) is 3.64. The molecule has 1 aliphatic carbocycles. The molecule has 88 valence electrons. The highest BCUT2D eigenvalue weighted by molar-refractivity contribution is 7.12. The van der Waals surface area contributed by atoms with Crippen LogP contribution in [0.25, 0.3) is 0 Å². The molecule has 0 radical (unpaired) electrons. The molecule has 0 aromatic carbocycles. The summed E-state index contributed by atoms with van der Waals surface area (Å²) in [6.45, 7) is 4.93. The normalized spacial score (nSPS) is 14.6. The van der Waals surface area contributed by atoms with Crippen LogP contribution in [0, 0.1) is 6.92 Å². The second-order valence-electron chi connectivity index (χ2n) is 4.40. The maximum absolute atomic E-state index is 12.1. The monoisotopic (exact) mass is 237 g/mol. The summed E-state index contributed by atoms with van der Waals surface area (Å²) in [6, 6.07) is 0. The molecule has 1 aromatic rings. The van der Waals surface area contributed by atoms with Crippen molar-refractivity contribution >= 4 is 17.2 Å². The highest BCUT2D eigenvalue weighted by Gasteiger charge is 2.22. The van der Waals surface area contributed by atoms with Crippen molar-refractivity contribution in [1.82, 2.24) is 5.32 Å². The van der Waals surface area contributed by atoms with E-state index < -0.39 is 0 Å². The first-order valence-electron chi connectivity index (χ1n) is 6.13. The van der Waals surface area contributed by atoms with Gasteiger partial charge in [-0.15, -0.1) is 11.3 Å². The minimum atomic E-state index is 0.138. The van der Waals surface area contributed by atoms with E-state index in [0.717, 1.165) is 24.9 Å². The number of aryl methyl sites for hydroxylation is 2. The van der Waals surface area contributed by atoms with Gasteiger partial charge in [-0.3, -0.25) is 4.79 Å². The first-order chi connectivity index (χ1) is 7.74. The van der Waals surface area contributed by atoms with E-state index in [1.807, 2.05) is 11.3 Å². The summed E-state index contributed by atoms with van der Waals surface area (Å²) in [5.41, 5.74) is 2.32. The molecule has 0 unspecified atom stereocenters. The first kappa shape index (κ1) is 11.6. The highest BCUT2D eigenvalue weighted by atomic mass is 32.1. The van der Waals surface area contributed by atoms with Gasteiger partial charge >= 0.3 is 0 Å². The van der Waals surface area contributed by atoms with Crippen LogP contribution in [0.5, 0.6) is 0 Å². The second kappa shape index (κ2) is 5.00. The number of nitrogens with one attached hydrogen (secondary N) is 1. The Morgan fingerprint density at radius 2 is 2.12 bits per heavy atom. The number of carbonyl (C=O) groups is 1. The molecule has 3 heteroatoms. The molecule has 0 fully saturated rings. The quantitative estimate of drug-likeness (QED) is 0.860. The third-order valence-corrected chi connectivity index (χ3v) is 4.32. The number of amides is 1. The lowest BCUT2D eigenvalue weighted by Gasteiger charge is -2.12. The number of carbonyl (C=O) groups excluding carboxylic acids is 1. The third kappa shape index (κ3) is 2.14. The van der Waals surface area contributed by atoms with E-state index >= 15 is 0 Å². The number of hydrogen-bond donors (Lipinski definition) is 1. The molecule has 1 amide bonds. The minimum absolute atomic E-state index is 0.138. The van der Waals surface area contributed by atoms with Gasteiger partial charge in [0.1, 0.15) is 0 Å². The number of rotatable bonds is 3. The molecule has 1 aromatic heterocycles. The number of hydrogen-bond acceptors (Lipinski definition) is 2. The average molecular weight is 237 g/mol. The standard InChI is InChI=1S/C13H19NOS/c1-3-8-14-13(15)12-9(2)16-11-7-5-4-6-10(11)12/h3-8H2,1-2H3,(H,14,15). The van der Waals surface area contributed by atoms with Crippen molar-refractivity contribution in [1.29, 1.82) is 0 Å². The predicted molar refractivity (Wildman–Crippen MR) is 68.3 cm³/mol. The number of fused-ring (bicyclic) bond motifs is 1. The fourth-order valence-corrected chi connectivity index (χ4v) is 3.59. The Labute approximate surface area is 101 Å². The zero-order chi connectivity index (χ0) is 11.5. The molecule has 0 saturated carbocycles. The van der Waals surface area contributed by atoms with Gasteiger partial charge in [0.05, 0.1) is 5.56 Å². The van der Waals surface area contributed by atoms with Crippen LogP contribution in [0.1, 0.15) is 51.9 Å². The number of thiophene rings is 1. The van der Waals surface area contributed by atoms with E-state index in [1.54, 1.807) is 0 Å². The minimum Gasteiger partial charge on any atom is -0.352 e. The van der Waals surface area contributed by atoms with Crippen LogP contribution < -0.4 is 5.32 Å². The molecule has 1 N–H and O–H groups in total. The Hall–Kier alpha value is -0.830. The molecule has 2 rings (SSSR count). The summed E-state index contributed by atoms with van der Waals surface area (Å²) in [6.07, 6.45) is 5.77. The Balaban J connectivity index is 2.25. The van der Waals surface area contributed by atoms with Crippen molar-refractivity contribution in [2.75, 3.05) is 6.54 Å². The van der Waals surface area contributed by atoms with E-state index in [2.05, 4.69) is 19.2 Å². The molecule has 1 heterocycles. The highest BCUT2D eigenvalue weighted by Crippen LogP contribution is 2.33. The van der Waals surface area contributed by atoms with Crippen molar-refractivity contribution in [3.05, 3.63) is 20.9 Å². The second-order valence-corrected chi connectivity index (χ2v) is 5.71. The van der Waals surface area contributed by atoms with Crippen molar-refractivity contribution < 1.29 is 4.79 Å². The summed E-state index contributed by atoms with van der Waals surface area (Å²) in [7, 11) is 0. The molecule has 0 bridgehead atoms. The van der Waals surface area contributed by atoms with Gasteiger partial charge in [-0.05, 0) is 44.6 Å². The average Bonchev–Trinajstić information content (AvgIpc) is 2.62. The van der Waals surface area contributed by atoms with Crippen LogP contribution >= 0.6 is 11.3 Å². The van der Waals surface area contributed by atoms with Gasteiger partial charge in [0.2, 0.25) is 0 Å². The molecule has 1 aliphatic rings. The first-order valence-corrected chi connectivity index (χ1v) is 6.95. The van der Waals surface area contributed by atoms with Gasteiger partial charge in [0, 0.05) is 16.3 Å². The summed E-state index contributed by atoms with van der Waals surface area (Å²) in [5.74, 6) is 0.138. The van der Waals surface area contributed by atoms with Crippen LogP contribution in [-0.4, -0.2) is 12.5 Å². The van der Waals surface area contributed by atoms with Crippen LogP contribution in [0.4, 0.5) is 0 Å². The van der Waals surface area contributed by atoms with Crippen LogP contribution in [0.2, 0.25) is 0 Å². The topological polar surface area (TPSA) is 29.1 Å². The fraction of sp³-hybridized carbons (Fsp3) is 0.615. The smallest absolute Gasteiger partial charge is 0.252 e. The van der Waals surface area contributed by atoms with Gasteiger partial charge in [-0.1, -0.05) is 6.92 Å². The van der Waals surface area contributed by atoms with Crippen molar-refractivity contribution in [3.8, 4) is 0 Å². The van der Waals surface area contributed by atoms with Gasteiger partial charge in [0.15, 0.2) is 0 Å². The van der Waals surface area contributed by atoms with E-state index in [0.29, 0.717) is 0 Å². The zero-order valence-electron chi connectivity index (χ0n) is 10.1.